The van der Waals surface area contributed by atoms with Crippen molar-refractivity contribution in [1.82, 2.24) is 10.6 Å². The van der Waals surface area contributed by atoms with Gasteiger partial charge in [-0.25, -0.2) is 4.79 Å². The third-order valence-corrected chi connectivity index (χ3v) is 3.93. The normalized spacial score (nSPS) is 15.1. The van der Waals surface area contributed by atoms with Crippen LogP contribution in [0.3, 0.4) is 0 Å². The summed E-state index contributed by atoms with van der Waals surface area (Å²) in [5.41, 5.74) is 2.02. The van der Waals surface area contributed by atoms with Crippen LogP contribution in [0.25, 0.3) is 0 Å². The molecule has 0 bridgehead atoms. The van der Waals surface area contributed by atoms with Crippen LogP contribution in [0.4, 0.5) is 10.5 Å². The van der Waals surface area contributed by atoms with Crippen molar-refractivity contribution >= 4 is 11.7 Å². The Morgan fingerprint density at radius 2 is 1.76 bits per heavy atom. The largest absolute Gasteiger partial charge is 0.335 e. The minimum absolute atomic E-state index is 0.139. The average Bonchev–Trinajstić information content (AvgIpc) is 2.46. The Morgan fingerprint density at radius 1 is 1.14 bits per heavy atom. The fourth-order valence-electron chi connectivity index (χ4n) is 2.24. The topological polar surface area (TPSA) is 53.2 Å². The van der Waals surface area contributed by atoms with Crippen molar-refractivity contribution in [3.8, 4) is 0 Å². The lowest BCUT2D eigenvalue weighted by Gasteiger charge is -2.18. The summed E-state index contributed by atoms with van der Waals surface area (Å²) in [5, 5.41) is 9.05. The molecule has 3 unspecified atom stereocenters. The Labute approximate surface area is 128 Å². The van der Waals surface area contributed by atoms with Crippen molar-refractivity contribution in [3.05, 3.63) is 29.8 Å². The Hall–Kier alpha value is -1.55. The first kappa shape index (κ1) is 17.5. The van der Waals surface area contributed by atoms with Gasteiger partial charge in [0.25, 0.3) is 0 Å². The minimum Gasteiger partial charge on any atom is -0.335 e. The van der Waals surface area contributed by atoms with E-state index in [1.54, 1.807) is 0 Å². The molecule has 0 aromatic heterocycles. The molecule has 0 aliphatic rings. The average molecular weight is 291 g/mol. The van der Waals surface area contributed by atoms with Crippen LogP contribution in [-0.4, -0.2) is 19.1 Å². The Balaban J connectivity index is 2.47. The van der Waals surface area contributed by atoms with Gasteiger partial charge in [-0.1, -0.05) is 32.4 Å². The molecule has 1 aromatic carbocycles. The molecular formula is C17H29N3O. The van der Waals surface area contributed by atoms with E-state index >= 15 is 0 Å². The molecule has 0 radical (unpaired) electrons. The van der Waals surface area contributed by atoms with Crippen LogP contribution in [0, 0.1) is 5.92 Å². The number of rotatable bonds is 7. The van der Waals surface area contributed by atoms with Gasteiger partial charge >= 0.3 is 6.03 Å². The Bertz CT molecular complexity index is 430. The number of hydrogen-bond donors (Lipinski definition) is 3. The highest BCUT2D eigenvalue weighted by molar-refractivity contribution is 5.89. The first-order valence-electron chi connectivity index (χ1n) is 7.81. The molecule has 1 rings (SSSR count). The Kier molecular flexibility index (Phi) is 7.23. The van der Waals surface area contributed by atoms with Crippen molar-refractivity contribution in [2.45, 2.75) is 52.6 Å². The van der Waals surface area contributed by atoms with Crippen LogP contribution in [-0.2, 0) is 0 Å². The van der Waals surface area contributed by atoms with E-state index in [4.69, 9.17) is 0 Å². The van der Waals surface area contributed by atoms with E-state index in [9.17, 15) is 4.79 Å². The van der Waals surface area contributed by atoms with Crippen LogP contribution >= 0.6 is 0 Å². The first-order valence-corrected chi connectivity index (χ1v) is 7.81. The maximum absolute atomic E-state index is 11.9. The molecule has 0 saturated heterocycles. The van der Waals surface area contributed by atoms with Gasteiger partial charge in [0.2, 0.25) is 0 Å². The van der Waals surface area contributed by atoms with Gasteiger partial charge in [-0.15, -0.1) is 0 Å². The quantitative estimate of drug-likeness (QED) is 0.713. The van der Waals surface area contributed by atoms with Gasteiger partial charge in [0, 0.05) is 17.8 Å². The highest BCUT2D eigenvalue weighted by Gasteiger charge is 2.10. The molecule has 0 heterocycles. The maximum Gasteiger partial charge on any atom is 0.319 e. The molecular weight excluding hydrogens is 262 g/mol. The number of nitrogens with one attached hydrogen (secondary N) is 3. The number of benzene rings is 1. The van der Waals surface area contributed by atoms with Gasteiger partial charge in [0.1, 0.15) is 0 Å². The first-order chi connectivity index (χ1) is 9.96. The summed E-state index contributed by atoms with van der Waals surface area (Å²) in [6, 6.07) is 8.27. The number of urea groups is 1. The highest BCUT2D eigenvalue weighted by Crippen LogP contribution is 2.15. The van der Waals surface area contributed by atoms with E-state index in [1.165, 1.54) is 5.56 Å². The zero-order valence-electron chi connectivity index (χ0n) is 13.9. The third kappa shape index (κ3) is 6.17. The second-order valence-electron chi connectivity index (χ2n) is 5.88. The number of hydrogen-bond acceptors (Lipinski definition) is 2. The zero-order valence-corrected chi connectivity index (χ0v) is 13.9. The predicted octanol–water partition coefficient (Wildman–Crippen LogP) is 3.91. The van der Waals surface area contributed by atoms with Crippen molar-refractivity contribution in [2.24, 2.45) is 5.92 Å². The van der Waals surface area contributed by atoms with Gasteiger partial charge in [0.15, 0.2) is 0 Å². The van der Waals surface area contributed by atoms with E-state index in [2.05, 4.69) is 36.7 Å². The lowest BCUT2D eigenvalue weighted by molar-refractivity contribution is 0.247. The molecule has 0 fully saturated rings. The third-order valence-electron chi connectivity index (χ3n) is 3.93. The minimum atomic E-state index is -0.139. The van der Waals surface area contributed by atoms with Crippen LogP contribution in [0.5, 0.6) is 0 Å². The molecule has 21 heavy (non-hydrogen) atoms. The number of amides is 2. The van der Waals surface area contributed by atoms with Crippen molar-refractivity contribution in [2.75, 3.05) is 12.4 Å². The molecule has 0 spiro atoms. The fourth-order valence-corrected chi connectivity index (χ4v) is 2.24. The molecule has 118 valence electrons. The summed E-state index contributed by atoms with van der Waals surface area (Å²) in [5.74, 6) is 0.627. The molecule has 4 nitrogen and oxygen atoms in total. The smallest absolute Gasteiger partial charge is 0.319 e. The van der Waals surface area contributed by atoms with E-state index in [1.807, 2.05) is 38.2 Å². The van der Waals surface area contributed by atoms with Gasteiger partial charge in [-0.05, 0) is 50.9 Å². The van der Waals surface area contributed by atoms with E-state index in [0.717, 1.165) is 18.5 Å². The summed E-state index contributed by atoms with van der Waals surface area (Å²) >= 11 is 0. The van der Waals surface area contributed by atoms with Crippen LogP contribution in [0.1, 0.15) is 52.1 Å². The maximum atomic E-state index is 11.9. The van der Waals surface area contributed by atoms with Gasteiger partial charge in [-0.2, -0.15) is 0 Å². The van der Waals surface area contributed by atoms with Crippen LogP contribution < -0.4 is 16.0 Å². The zero-order chi connectivity index (χ0) is 15.8. The van der Waals surface area contributed by atoms with E-state index in [0.29, 0.717) is 12.0 Å². The van der Waals surface area contributed by atoms with Crippen LogP contribution in [0.2, 0.25) is 0 Å². The summed E-state index contributed by atoms with van der Waals surface area (Å²) in [7, 11) is 1.93. The monoisotopic (exact) mass is 291 g/mol. The molecule has 0 saturated carbocycles. The summed E-state index contributed by atoms with van der Waals surface area (Å²) < 4.78 is 0. The van der Waals surface area contributed by atoms with E-state index < -0.39 is 0 Å². The second kappa shape index (κ2) is 8.67. The molecule has 3 N–H and O–H groups in total. The van der Waals surface area contributed by atoms with E-state index in [-0.39, 0.29) is 12.1 Å². The molecule has 1 aromatic rings. The van der Waals surface area contributed by atoms with Gasteiger partial charge in [0.05, 0.1) is 0 Å². The number of carbonyl (C=O) groups excluding carboxylic acids is 1. The second-order valence-corrected chi connectivity index (χ2v) is 5.88. The summed E-state index contributed by atoms with van der Waals surface area (Å²) in [4.78, 5) is 11.9. The van der Waals surface area contributed by atoms with Crippen molar-refractivity contribution in [1.29, 1.82) is 0 Å². The lowest BCUT2D eigenvalue weighted by Crippen LogP contribution is -2.37. The molecule has 3 atom stereocenters. The standard InChI is InChI=1S/C17H29N3O/c1-6-12(2)11-13(3)19-17(21)20-16-9-7-15(8-10-16)14(4)18-5/h7-10,12-14,18H,6,11H2,1-5H3,(H2,19,20,21). The molecule has 0 aliphatic carbocycles. The molecule has 4 heteroatoms. The number of carbonyl (C=O) groups is 1. The predicted molar refractivity (Wildman–Crippen MR) is 89.6 cm³/mol. The SMILES string of the molecule is CCC(C)CC(C)NC(=O)Nc1ccc(C(C)NC)cc1. The Morgan fingerprint density at radius 3 is 2.29 bits per heavy atom. The van der Waals surface area contributed by atoms with Crippen molar-refractivity contribution < 1.29 is 4.79 Å². The fraction of sp³-hybridized carbons (Fsp3) is 0.588. The van der Waals surface area contributed by atoms with Gasteiger partial charge in [-0.3, -0.25) is 0 Å². The van der Waals surface area contributed by atoms with Crippen LogP contribution in [0.15, 0.2) is 24.3 Å². The summed E-state index contributed by atoms with van der Waals surface area (Å²) in [6.07, 6.45) is 2.14. The summed E-state index contributed by atoms with van der Waals surface area (Å²) in [6.45, 7) is 8.53. The number of anilines is 1. The molecule has 0 aliphatic heterocycles. The van der Waals surface area contributed by atoms with Crippen molar-refractivity contribution in [3.63, 3.8) is 0 Å². The molecule has 2 amide bonds. The van der Waals surface area contributed by atoms with Gasteiger partial charge < -0.3 is 16.0 Å². The lowest BCUT2D eigenvalue weighted by atomic mass is 10.0. The highest BCUT2D eigenvalue weighted by atomic mass is 16.2.